The molecule has 0 bridgehead atoms. The van der Waals surface area contributed by atoms with Gasteiger partial charge >= 0.3 is 0 Å². The van der Waals surface area contributed by atoms with Gasteiger partial charge in [0.1, 0.15) is 39.9 Å². The van der Waals surface area contributed by atoms with Gasteiger partial charge in [0.25, 0.3) is 0 Å². The van der Waals surface area contributed by atoms with Crippen molar-refractivity contribution in [2.75, 3.05) is 7.11 Å². The molecule has 1 aliphatic rings. The van der Waals surface area contributed by atoms with Crippen LogP contribution in [0, 0.1) is 18.3 Å². The minimum absolute atomic E-state index is 0.0263. The molecule has 2 unspecified atom stereocenters. The molecule has 4 N–H and O–H groups in total. The highest BCUT2D eigenvalue weighted by atomic mass is 16.5. The van der Waals surface area contributed by atoms with E-state index in [4.69, 9.17) is 4.74 Å². The van der Waals surface area contributed by atoms with Gasteiger partial charge in [0.15, 0.2) is 17.3 Å². The molecule has 34 heavy (non-hydrogen) atoms. The minimum Gasteiger partial charge on any atom is -0.511 e. The maximum atomic E-state index is 13.5. The van der Waals surface area contributed by atoms with Gasteiger partial charge in [0, 0.05) is 29.0 Å². The lowest BCUT2D eigenvalue weighted by molar-refractivity contribution is -0.128. The largest absolute Gasteiger partial charge is 0.511 e. The number of rotatable bonds is 9. The van der Waals surface area contributed by atoms with E-state index in [2.05, 4.69) is 0 Å². The van der Waals surface area contributed by atoms with Crippen LogP contribution in [0.4, 0.5) is 0 Å². The number of hydrogen-bond donors (Lipinski definition) is 4. The van der Waals surface area contributed by atoms with Crippen molar-refractivity contribution in [3.63, 3.8) is 0 Å². The fraction of sp³-hybridized carbons (Fsp3) is 0.500. The molecule has 186 valence electrons. The summed E-state index contributed by atoms with van der Waals surface area (Å²) in [5, 5.41) is 43.4. The van der Waals surface area contributed by atoms with Gasteiger partial charge in [0.05, 0.1) is 12.5 Å². The maximum Gasteiger partial charge on any atom is 0.183 e. The summed E-state index contributed by atoms with van der Waals surface area (Å²) in [7, 11) is 1.31. The smallest absolute Gasteiger partial charge is 0.183 e. The van der Waals surface area contributed by atoms with Gasteiger partial charge in [-0.3, -0.25) is 14.4 Å². The van der Waals surface area contributed by atoms with E-state index in [1.165, 1.54) is 27.9 Å². The van der Waals surface area contributed by atoms with Gasteiger partial charge in [-0.2, -0.15) is 0 Å². The summed E-state index contributed by atoms with van der Waals surface area (Å²) in [4.78, 5) is 39.2. The number of ether oxygens (including phenoxy) is 1. The molecular weight excluding hydrogens is 440 g/mol. The molecule has 0 saturated carbocycles. The number of benzene rings is 1. The zero-order chi connectivity index (χ0) is 26.1. The molecule has 0 spiro atoms. The number of phenols is 2. The van der Waals surface area contributed by atoms with Crippen LogP contribution in [0.3, 0.4) is 0 Å². The maximum absolute atomic E-state index is 13.5. The highest BCUT2D eigenvalue weighted by Crippen LogP contribution is 2.49. The number of aromatic hydroxyl groups is 2. The summed E-state index contributed by atoms with van der Waals surface area (Å²) >= 11 is 0. The number of ketones is 3. The first-order valence-electron chi connectivity index (χ1n) is 11.4. The Morgan fingerprint density at radius 2 is 1.65 bits per heavy atom. The van der Waals surface area contributed by atoms with Crippen LogP contribution in [-0.4, -0.2) is 44.9 Å². The van der Waals surface area contributed by atoms with Gasteiger partial charge in [-0.05, 0) is 40.0 Å². The second-order valence-electron chi connectivity index (χ2n) is 9.09. The van der Waals surface area contributed by atoms with Crippen molar-refractivity contribution in [2.24, 2.45) is 11.3 Å². The molecule has 0 saturated heterocycles. The molecule has 0 fully saturated rings. The first-order chi connectivity index (χ1) is 15.8. The van der Waals surface area contributed by atoms with Crippen LogP contribution >= 0.6 is 0 Å². The van der Waals surface area contributed by atoms with Gasteiger partial charge in [-0.15, -0.1) is 0 Å². The number of carbonyl (C=O) groups excluding carboxylic acids is 3. The first-order valence-corrected chi connectivity index (χ1v) is 11.4. The Kier molecular flexibility index (Phi) is 7.86. The number of methoxy groups -OCH3 is 1. The molecule has 0 radical (unpaired) electrons. The van der Waals surface area contributed by atoms with Crippen LogP contribution < -0.4 is 4.74 Å². The normalized spacial score (nSPS) is 19.4. The molecule has 2 rings (SSSR count). The third kappa shape index (κ3) is 4.17. The Hall–Kier alpha value is -3.29. The lowest BCUT2D eigenvalue weighted by Gasteiger charge is -2.34. The predicted molar refractivity (Wildman–Crippen MR) is 127 cm³/mol. The zero-order valence-electron chi connectivity index (χ0n) is 20.8. The van der Waals surface area contributed by atoms with E-state index in [1.54, 1.807) is 20.8 Å². The Balaban J connectivity index is 2.76. The highest BCUT2D eigenvalue weighted by molar-refractivity contribution is 6.24. The van der Waals surface area contributed by atoms with Crippen LogP contribution in [0.15, 0.2) is 22.7 Å². The Morgan fingerprint density at radius 3 is 2.15 bits per heavy atom. The summed E-state index contributed by atoms with van der Waals surface area (Å²) in [5.74, 6) is -4.30. The first kappa shape index (κ1) is 27.0. The number of carbonyl (C=O) groups is 3. The van der Waals surface area contributed by atoms with Crippen LogP contribution in [-0.2, 0) is 16.0 Å². The second kappa shape index (κ2) is 9.91. The predicted octanol–water partition coefficient (Wildman–Crippen LogP) is 4.79. The summed E-state index contributed by atoms with van der Waals surface area (Å²) in [5.41, 5.74) is -2.30. The summed E-state index contributed by atoms with van der Waals surface area (Å²) < 4.78 is 5.28. The molecule has 8 heteroatoms. The zero-order valence-corrected chi connectivity index (χ0v) is 20.8. The lowest BCUT2D eigenvalue weighted by Crippen LogP contribution is -2.41. The topological polar surface area (TPSA) is 141 Å². The van der Waals surface area contributed by atoms with E-state index >= 15 is 0 Å². The van der Waals surface area contributed by atoms with Crippen LogP contribution in [0.25, 0.3) is 0 Å². The molecule has 0 amide bonds. The molecule has 0 heterocycles. The van der Waals surface area contributed by atoms with Crippen molar-refractivity contribution in [2.45, 2.75) is 67.2 Å². The average Bonchev–Trinajstić information content (AvgIpc) is 2.81. The summed E-state index contributed by atoms with van der Waals surface area (Å²) in [6.45, 7) is 9.48. The molecule has 0 aromatic heterocycles. The third-order valence-electron chi connectivity index (χ3n) is 6.73. The number of phenolic OH excluding ortho intramolecular Hbond substituents is 2. The van der Waals surface area contributed by atoms with Crippen LogP contribution in [0.1, 0.15) is 75.4 Å². The number of hydrogen-bond acceptors (Lipinski definition) is 8. The van der Waals surface area contributed by atoms with E-state index in [9.17, 15) is 34.8 Å². The van der Waals surface area contributed by atoms with Crippen molar-refractivity contribution < 1.29 is 39.5 Å². The van der Waals surface area contributed by atoms with Crippen molar-refractivity contribution in [1.82, 2.24) is 0 Å². The van der Waals surface area contributed by atoms with E-state index in [1.807, 2.05) is 0 Å². The number of aliphatic hydroxyl groups is 2. The SMILES string of the molecule is CCCC(=O)c1c(O)c(CC2(C)C(=O)C(C(=O)C(C)CC)=C(O)C(C)=C2O)c(O)c(C)c1OC. The molecule has 0 aliphatic heterocycles. The third-order valence-corrected chi connectivity index (χ3v) is 6.73. The summed E-state index contributed by atoms with van der Waals surface area (Å²) in [6.07, 6.45) is 0.657. The minimum atomic E-state index is -1.78. The monoisotopic (exact) mass is 474 g/mol. The standard InChI is InChI=1S/C26H34O8/c1-8-10-16(27)17-22(31)15(20(29)13(4)23(17)34-7)11-26(6)24(32)14(5)21(30)18(25(26)33)19(28)12(3)9-2/h12,29-32H,8-11H2,1-7H3. The van der Waals surface area contributed by atoms with Crippen LogP contribution in [0.5, 0.6) is 17.2 Å². The van der Waals surface area contributed by atoms with Gasteiger partial charge < -0.3 is 25.2 Å². The molecule has 1 aromatic rings. The fourth-order valence-corrected chi connectivity index (χ4v) is 4.31. The highest BCUT2D eigenvalue weighted by Gasteiger charge is 2.49. The molecular formula is C26H34O8. The van der Waals surface area contributed by atoms with E-state index in [0.717, 1.165) is 0 Å². The summed E-state index contributed by atoms with van der Waals surface area (Å²) in [6, 6.07) is 0. The number of aliphatic hydroxyl groups excluding tert-OH is 2. The van der Waals surface area contributed by atoms with Crippen LogP contribution in [0.2, 0.25) is 0 Å². The molecule has 1 aliphatic carbocycles. The van der Waals surface area contributed by atoms with Crippen molar-refractivity contribution in [3.05, 3.63) is 39.4 Å². The molecule has 8 nitrogen and oxygen atoms in total. The fourth-order valence-electron chi connectivity index (χ4n) is 4.31. The quantitative estimate of drug-likeness (QED) is 0.296. The van der Waals surface area contributed by atoms with Crippen molar-refractivity contribution >= 4 is 17.3 Å². The molecule has 1 aromatic carbocycles. The second-order valence-corrected chi connectivity index (χ2v) is 9.09. The van der Waals surface area contributed by atoms with E-state index in [0.29, 0.717) is 12.8 Å². The van der Waals surface area contributed by atoms with Gasteiger partial charge in [-0.25, -0.2) is 0 Å². The Labute approximate surface area is 199 Å². The molecule has 2 atom stereocenters. The van der Waals surface area contributed by atoms with Crippen molar-refractivity contribution in [3.8, 4) is 17.2 Å². The Bertz CT molecular complexity index is 1110. The number of Topliss-reactive ketones (excluding diaryl/α,β-unsaturated/α-hetero) is 3. The Morgan fingerprint density at radius 1 is 1.06 bits per heavy atom. The lowest BCUT2D eigenvalue weighted by atomic mass is 9.68. The van der Waals surface area contributed by atoms with Gasteiger partial charge in [0.2, 0.25) is 0 Å². The van der Waals surface area contributed by atoms with Gasteiger partial charge in [-0.1, -0.05) is 20.8 Å². The van der Waals surface area contributed by atoms with E-state index < -0.39 is 63.7 Å². The van der Waals surface area contributed by atoms with Crippen molar-refractivity contribution in [1.29, 1.82) is 0 Å². The average molecular weight is 475 g/mol. The van der Waals surface area contributed by atoms with E-state index in [-0.39, 0.29) is 34.4 Å². The number of allylic oxidation sites excluding steroid dienone is 3.